The maximum Gasteiger partial charge on any atom is 0.237 e. The van der Waals surface area contributed by atoms with Gasteiger partial charge in [-0.2, -0.15) is 0 Å². The largest absolute Gasteiger partial charge is 0.336 e. The highest BCUT2D eigenvalue weighted by atomic mass is 19.1. The number of amides is 1. The summed E-state index contributed by atoms with van der Waals surface area (Å²) in [5.74, 6) is 0.603. The van der Waals surface area contributed by atoms with Crippen molar-refractivity contribution in [2.75, 3.05) is 19.6 Å². The molecule has 1 aromatic carbocycles. The standard InChI is InChI=1S/C17H21FN6O/c1-12(17-19-20-21-24(17)15-5-6-15)22-7-8-23(16(25)11-22)10-13-3-2-4-14(18)9-13/h2-4,9,12,15H,5-8,10-11H2,1H3/t12-/m0/s1. The Morgan fingerprint density at radius 3 is 2.88 bits per heavy atom. The Morgan fingerprint density at radius 2 is 2.16 bits per heavy atom. The van der Waals surface area contributed by atoms with Gasteiger partial charge in [-0.1, -0.05) is 12.1 Å². The van der Waals surface area contributed by atoms with E-state index in [-0.39, 0.29) is 17.8 Å². The fourth-order valence-electron chi connectivity index (χ4n) is 3.30. The van der Waals surface area contributed by atoms with Gasteiger partial charge in [-0.15, -0.1) is 5.10 Å². The summed E-state index contributed by atoms with van der Waals surface area (Å²) in [6.45, 7) is 4.18. The summed E-state index contributed by atoms with van der Waals surface area (Å²) >= 11 is 0. The van der Waals surface area contributed by atoms with Gasteiger partial charge in [0, 0.05) is 19.6 Å². The predicted molar refractivity (Wildman–Crippen MR) is 87.9 cm³/mol. The summed E-state index contributed by atoms with van der Waals surface area (Å²) in [6.07, 6.45) is 2.23. The molecule has 2 fully saturated rings. The number of nitrogens with zero attached hydrogens (tertiary/aromatic N) is 6. The summed E-state index contributed by atoms with van der Waals surface area (Å²) < 4.78 is 15.2. The fraction of sp³-hybridized carbons (Fsp3) is 0.529. The van der Waals surface area contributed by atoms with Gasteiger partial charge in [0.1, 0.15) is 5.82 Å². The number of halogens is 1. The van der Waals surface area contributed by atoms with Gasteiger partial charge in [0.25, 0.3) is 0 Å². The van der Waals surface area contributed by atoms with Gasteiger partial charge in [0.2, 0.25) is 5.91 Å². The molecule has 0 bridgehead atoms. The molecule has 7 nitrogen and oxygen atoms in total. The number of carbonyl (C=O) groups is 1. The van der Waals surface area contributed by atoms with Gasteiger partial charge in [-0.05, 0) is 47.9 Å². The number of hydrogen-bond donors (Lipinski definition) is 0. The number of aromatic nitrogens is 4. The molecule has 1 saturated carbocycles. The Balaban J connectivity index is 1.40. The van der Waals surface area contributed by atoms with Crippen LogP contribution < -0.4 is 0 Å². The van der Waals surface area contributed by atoms with Crippen LogP contribution in [0.5, 0.6) is 0 Å². The van der Waals surface area contributed by atoms with Crippen molar-refractivity contribution >= 4 is 5.91 Å². The average Bonchev–Trinajstić information content (AvgIpc) is 3.33. The Bertz CT molecular complexity index is 774. The summed E-state index contributed by atoms with van der Waals surface area (Å²) in [6, 6.07) is 6.81. The minimum Gasteiger partial charge on any atom is -0.336 e. The lowest BCUT2D eigenvalue weighted by molar-refractivity contribution is -0.137. The van der Waals surface area contributed by atoms with E-state index < -0.39 is 0 Å². The monoisotopic (exact) mass is 344 g/mol. The van der Waals surface area contributed by atoms with Gasteiger partial charge < -0.3 is 4.90 Å². The van der Waals surface area contributed by atoms with Crippen molar-refractivity contribution in [3.05, 3.63) is 41.5 Å². The fourth-order valence-corrected chi connectivity index (χ4v) is 3.30. The minimum atomic E-state index is -0.274. The Labute approximate surface area is 145 Å². The number of hydrogen-bond acceptors (Lipinski definition) is 5. The Kier molecular flexibility index (Phi) is 4.20. The number of carbonyl (C=O) groups excluding carboxylic acids is 1. The van der Waals surface area contributed by atoms with E-state index in [2.05, 4.69) is 20.4 Å². The first-order valence-electron chi connectivity index (χ1n) is 8.66. The second kappa shape index (κ2) is 6.51. The van der Waals surface area contributed by atoms with E-state index in [1.165, 1.54) is 12.1 Å². The third-order valence-corrected chi connectivity index (χ3v) is 4.94. The van der Waals surface area contributed by atoms with Crippen LogP contribution in [-0.2, 0) is 11.3 Å². The number of rotatable bonds is 5. The number of tetrazole rings is 1. The van der Waals surface area contributed by atoms with E-state index in [1.807, 2.05) is 17.7 Å². The maximum atomic E-state index is 13.3. The summed E-state index contributed by atoms with van der Waals surface area (Å²) in [5, 5.41) is 12.1. The molecule has 1 saturated heterocycles. The summed E-state index contributed by atoms with van der Waals surface area (Å²) in [4.78, 5) is 16.4. The van der Waals surface area contributed by atoms with Crippen molar-refractivity contribution in [2.24, 2.45) is 0 Å². The Morgan fingerprint density at radius 1 is 1.32 bits per heavy atom. The molecule has 1 aromatic heterocycles. The quantitative estimate of drug-likeness (QED) is 0.823. The smallest absolute Gasteiger partial charge is 0.237 e. The van der Waals surface area contributed by atoms with Crippen molar-refractivity contribution in [3.8, 4) is 0 Å². The molecule has 1 amide bonds. The van der Waals surface area contributed by atoms with E-state index in [9.17, 15) is 9.18 Å². The zero-order valence-electron chi connectivity index (χ0n) is 14.2. The highest BCUT2D eigenvalue weighted by Crippen LogP contribution is 2.36. The minimum absolute atomic E-state index is 0.00382. The molecule has 132 valence electrons. The summed E-state index contributed by atoms with van der Waals surface area (Å²) in [5.41, 5.74) is 0.813. The lowest BCUT2D eigenvalue weighted by Gasteiger charge is -2.37. The van der Waals surface area contributed by atoms with Crippen LogP contribution >= 0.6 is 0 Å². The molecule has 1 atom stereocenters. The van der Waals surface area contributed by atoms with Crippen molar-refractivity contribution in [1.29, 1.82) is 0 Å². The van der Waals surface area contributed by atoms with Gasteiger partial charge in [0.15, 0.2) is 5.82 Å². The zero-order chi connectivity index (χ0) is 17.4. The van der Waals surface area contributed by atoms with Crippen LogP contribution in [0.1, 0.15) is 43.2 Å². The second-order valence-electron chi connectivity index (χ2n) is 6.80. The predicted octanol–water partition coefficient (Wildman–Crippen LogP) is 1.55. The first-order valence-corrected chi connectivity index (χ1v) is 8.66. The molecule has 4 rings (SSSR count). The van der Waals surface area contributed by atoms with E-state index in [0.29, 0.717) is 25.7 Å². The maximum absolute atomic E-state index is 13.3. The molecule has 1 aliphatic carbocycles. The average molecular weight is 344 g/mol. The molecule has 0 N–H and O–H groups in total. The molecule has 25 heavy (non-hydrogen) atoms. The third kappa shape index (κ3) is 3.39. The normalized spacial score (nSPS) is 20.1. The molecule has 2 heterocycles. The lowest BCUT2D eigenvalue weighted by Crippen LogP contribution is -2.50. The second-order valence-corrected chi connectivity index (χ2v) is 6.80. The van der Waals surface area contributed by atoms with Crippen LogP contribution in [0, 0.1) is 5.82 Å². The molecule has 0 unspecified atom stereocenters. The van der Waals surface area contributed by atoms with Crippen molar-refractivity contribution < 1.29 is 9.18 Å². The number of benzene rings is 1. The first-order chi connectivity index (χ1) is 12.1. The van der Waals surface area contributed by atoms with Crippen LogP contribution in [-0.4, -0.2) is 55.5 Å². The van der Waals surface area contributed by atoms with Crippen LogP contribution in [0.25, 0.3) is 0 Å². The molecule has 0 spiro atoms. The Hall–Kier alpha value is -2.35. The molecule has 8 heteroatoms. The van der Waals surface area contributed by atoms with Crippen LogP contribution in [0.2, 0.25) is 0 Å². The van der Waals surface area contributed by atoms with Crippen LogP contribution in [0.4, 0.5) is 4.39 Å². The molecular weight excluding hydrogens is 323 g/mol. The molecular formula is C17H21FN6O. The van der Waals surface area contributed by atoms with Gasteiger partial charge in [-0.25, -0.2) is 9.07 Å². The first kappa shape index (κ1) is 16.1. The van der Waals surface area contributed by atoms with Crippen LogP contribution in [0.15, 0.2) is 24.3 Å². The zero-order valence-corrected chi connectivity index (χ0v) is 14.2. The number of piperazine rings is 1. The van der Waals surface area contributed by atoms with Gasteiger partial charge >= 0.3 is 0 Å². The third-order valence-electron chi connectivity index (χ3n) is 4.94. The molecule has 2 aliphatic rings. The van der Waals surface area contributed by atoms with E-state index in [1.54, 1.807) is 11.0 Å². The lowest BCUT2D eigenvalue weighted by atomic mass is 10.1. The molecule has 2 aromatic rings. The SMILES string of the molecule is C[C@@H](c1nnnn1C1CC1)N1CCN(Cc2cccc(F)c2)C(=O)C1. The van der Waals surface area contributed by atoms with E-state index in [0.717, 1.165) is 30.8 Å². The summed E-state index contributed by atoms with van der Waals surface area (Å²) in [7, 11) is 0. The highest BCUT2D eigenvalue weighted by molar-refractivity contribution is 5.79. The highest BCUT2D eigenvalue weighted by Gasteiger charge is 2.34. The molecule has 0 radical (unpaired) electrons. The van der Waals surface area contributed by atoms with Crippen molar-refractivity contribution in [2.45, 2.75) is 38.4 Å². The van der Waals surface area contributed by atoms with Crippen molar-refractivity contribution in [3.63, 3.8) is 0 Å². The topological polar surface area (TPSA) is 67.2 Å². The van der Waals surface area contributed by atoms with Gasteiger partial charge in [-0.3, -0.25) is 9.69 Å². The molecule has 1 aliphatic heterocycles. The van der Waals surface area contributed by atoms with Crippen LogP contribution in [0.3, 0.4) is 0 Å². The van der Waals surface area contributed by atoms with E-state index >= 15 is 0 Å². The van der Waals surface area contributed by atoms with Crippen molar-refractivity contribution in [1.82, 2.24) is 30.0 Å². The van der Waals surface area contributed by atoms with E-state index in [4.69, 9.17) is 0 Å². The van der Waals surface area contributed by atoms with Gasteiger partial charge in [0.05, 0.1) is 18.6 Å².